The molecule has 112 valence electrons. The number of hydrogen-bond acceptors (Lipinski definition) is 2. The number of hydrogen-bond donors (Lipinski definition) is 1. The number of nitrogens with zero attached hydrogens (tertiary/aromatic N) is 1. The summed E-state index contributed by atoms with van der Waals surface area (Å²) in [6, 6.07) is 14.3. The van der Waals surface area contributed by atoms with Gasteiger partial charge in [0.05, 0.1) is 0 Å². The lowest BCUT2D eigenvalue weighted by Crippen LogP contribution is -2.42. The molecule has 0 saturated carbocycles. The maximum absolute atomic E-state index is 12.4. The van der Waals surface area contributed by atoms with Gasteiger partial charge in [0.2, 0.25) is 5.91 Å². The molecule has 1 aliphatic heterocycles. The number of anilines is 1. The smallest absolute Gasteiger partial charge is 0.255 e. The second-order valence-electron chi connectivity index (χ2n) is 5.26. The Kier molecular flexibility index (Phi) is 3.98. The molecule has 0 saturated heterocycles. The summed E-state index contributed by atoms with van der Waals surface area (Å²) in [5.74, 6) is -0.280. The molecule has 2 amide bonds. The first-order chi connectivity index (χ1) is 10.6. The van der Waals surface area contributed by atoms with Crippen molar-refractivity contribution in [3.63, 3.8) is 0 Å². The molecule has 0 spiro atoms. The fourth-order valence-corrected chi connectivity index (χ4v) is 2.78. The Labute approximate surface area is 137 Å². The van der Waals surface area contributed by atoms with Crippen molar-refractivity contribution in [3.05, 3.63) is 64.1 Å². The highest BCUT2D eigenvalue weighted by atomic mass is 79.9. The molecular weight excluding hydrogens is 344 g/mol. The molecule has 5 heteroatoms. The summed E-state index contributed by atoms with van der Waals surface area (Å²) in [5, 5.41) is 2.84. The topological polar surface area (TPSA) is 49.4 Å². The van der Waals surface area contributed by atoms with Crippen LogP contribution in [0.4, 0.5) is 5.69 Å². The molecule has 0 radical (unpaired) electrons. The molecular formula is C17H15BrN2O2. The highest BCUT2D eigenvalue weighted by Gasteiger charge is 2.33. The van der Waals surface area contributed by atoms with Gasteiger partial charge in [-0.2, -0.15) is 0 Å². The number of carbonyl (C=O) groups is 2. The second kappa shape index (κ2) is 5.93. The van der Waals surface area contributed by atoms with Crippen molar-refractivity contribution in [1.82, 2.24) is 4.90 Å². The van der Waals surface area contributed by atoms with Gasteiger partial charge in [-0.05, 0) is 42.8 Å². The Morgan fingerprint density at radius 2 is 1.86 bits per heavy atom. The third-order valence-electron chi connectivity index (χ3n) is 3.81. The number of carbonyl (C=O) groups excluding carboxylic acids is 2. The maximum Gasteiger partial charge on any atom is 0.255 e. The molecule has 0 fully saturated rings. The third-order valence-corrected chi connectivity index (χ3v) is 4.34. The fraction of sp³-hybridized carbons (Fsp3) is 0.176. The van der Waals surface area contributed by atoms with Crippen molar-refractivity contribution in [2.24, 2.45) is 0 Å². The van der Waals surface area contributed by atoms with Crippen LogP contribution in [0.2, 0.25) is 0 Å². The van der Waals surface area contributed by atoms with Crippen molar-refractivity contribution in [1.29, 1.82) is 0 Å². The van der Waals surface area contributed by atoms with Crippen LogP contribution >= 0.6 is 15.9 Å². The largest absolute Gasteiger partial charge is 0.324 e. The quantitative estimate of drug-likeness (QED) is 0.913. The Morgan fingerprint density at radius 1 is 1.18 bits per heavy atom. The van der Waals surface area contributed by atoms with Crippen molar-refractivity contribution >= 4 is 33.4 Å². The molecule has 2 aromatic carbocycles. The number of benzene rings is 2. The van der Waals surface area contributed by atoms with Crippen LogP contribution in [0.3, 0.4) is 0 Å². The monoisotopic (exact) mass is 358 g/mol. The third kappa shape index (κ3) is 2.76. The van der Waals surface area contributed by atoms with Crippen LogP contribution in [0.25, 0.3) is 0 Å². The minimum absolute atomic E-state index is 0.0888. The van der Waals surface area contributed by atoms with Gasteiger partial charge in [-0.15, -0.1) is 0 Å². The van der Waals surface area contributed by atoms with Crippen molar-refractivity contribution < 1.29 is 9.59 Å². The minimum Gasteiger partial charge on any atom is -0.324 e. The number of amides is 2. The van der Waals surface area contributed by atoms with Gasteiger partial charge in [0.25, 0.3) is 5.91 Å². The van der Waals surface area contributed by atoms with Crippen molar-refractivity contribution in [2.45, 2.75) is 19.5 Å². The summed E-state index contributed by atoms with van der Waals surface area (Å²) in [4.78, 5) is 26.3. The predicted molar refractivity (Wildman–Crippen MR) is 88.5 cm³/mol. The lowest BCUT2D eigenvalue weighted by atomic mass is 10.1. The molecule has 1 atom stereocenters. The van der Waals surface area contributed by atoms with Crippen LogP contribution in [0.5, 0.6) is 0 Å². The van der Waals surface area contributed by atoms with Gasteiger partial charge < -0.3 is 10.2 Å². The molecule has 1 aliphatic rings. The van der Waals surface area contributed by atoms with E-state index in [1.54, 1.807) is 17.9 Å². The normalized spacial score (nSPS) is 14.6. The highest BCUT2D eigenvalue weighted by molar-refractivity contribution is 9.10. The van der Waals surface area contributed by atoms with E-state index in [2.05, 4.69) is 21.2 Å². The molecule has 22 heavy (non-hydrogen) atoms. The molecule has 1 N–H and O–H groups in total. The Hall–Kier alpha value is -2.14. The zero-order valence-electron chi connectivity index (χ0n) is 12.0. The Bertz CT molecular complexity index is 728. The maximum atomic E-state index is 12.4. The summed E-state index contributed by atoms with van der Waals surface area (Å²) in [7, 11) is 0. The van der Waals surface area contributed by atoms with E-state index in [0.717, 1.165) is 10.0 Å². The van der Waals surface area contributed by atoms with Crippen LogP contribution in [-0.4, -0.2) is 22.8 Å². The summed E-state index contributed by atoms with van der Waals surface area (Å²) in [6.45, 7) is 2.22. The van der Waals surface area contributed by atoms with Gasteiger partial charge >= 0.3 is 0 Å². The van der Waals surface area contributed by atoms with Gasteiger partial charge in [0.1, 0.15) is 6.04 Å². The van der Waals surface area contributed by atoms with Gasteiger partial charge in [-0.3, -0.25) is 9.59 Å². The van der Waals surface area contributed by atoms with E-state index >= 15 is 0 Å². The Balaban J connectivity index is 1.72. The van der Waals surface area contributed by atoms with Crippen LogP contribution in [0, 0.1) is 0 Å². The average Bonchev–Trinajstić information content (AvgIpc) is 2.86. The molecule has 2 aromatic rings. The van der Waals surface area contributed by atoms with E-state index in [0.29, 0.717) is 17.8 Å². The summed E-state index contributed by atoms with van der Waals surface area (Å²) < 4.78 is 0.948. The van der Waals surface area contributed by atoms with E-state index in [1.165, 1.54) is 0 Å². The van der Waals surface area contributed by atoms with Crippen LogP contribution in [0.1, 0.15) is 22.8 Å². The molecule has 3 rings (SSSR count). The zero-order valence-corrected chi connectivity index (χ0v) is 13.6. The number of rotatable bonds is 3. The van der Waals surface area contributed by atoms with E-state index in [1.807, 2.05) is 42.5 Å². The van der Waals surface area contributed by atoms with E-state index in [-0.39, 0.29) is 11.8 Å². The molecule has 0 aliphatic carbocycles. The van der Waals surface area contributed by atoms with Crippen LogP contribution < -0.4 is 5.32 Å². The van der Waals surface area contributed by atoms with Crippen LogP contribution in [-0.2, 0) is 11.3 Å². The molecule has 0 aromatic heterocycles. The number of nitrogens with one attached hydrogen (secondary N) is 1. The van der Waals surface area contributed by atoms with E-state index in [9.17, 15) is 9.59 Å². The average molecular weight is 359 g/mol. The lowest BCUT2D eigenvalue weighted by molar-refractivity contribution is -0.120. The first-order valence-corrected chi connectivity index (χ1v) is 7.81. The first-order valence-electron chi connectivity index (χ1n) is 7.01. The predicted octanol–water partition coefficient (Wildman–Crippen LogP) is 3.43. The Morgan fingerprint density at radius 3 is 2.55 bits per heavy atom. The van der Waals surface area contributed by atoms with Crippen LogP contribution in [0.15, 0.2) is 53.0 Å². The summed E-state index contributed by atoms with van der Waals surface area (Å²) >= 11 is 3.35. The molecule has 1 heterocycles. The fourth-order valence-electron chi connectivity index (χ4n) is 2.51. The standard InChI is InChI=1S/C17H15BrN2O2/c1-11(16(21)19-14-8-6-13(18)7-9-14)20-10-12-4-2-3-5-15(12)17(20)22/h2-9,11H,10H2,1H3,(H,19,21). The van der Waals surface area contributed by atoms with Gasteiger partial charge in [-0.1, -0.05) is 34.1 Å². The van der Waals surface area contributed by atoms with E-state index in [4.69, 9.17) is 0 Å². The van der Waals surface area contributed by atoms with E-state index < -0.39 is 6.04 Å². The number of fused-ring (bicyclic) bond motifs is 1. The molecule has 4 nitrogen and oxygen atoms in total. The number of halogens is 1. The SMILES string of the molecule is CC(C(=O)Nc1ccc(Br)cc1)N1Cc2ccccc2C1=O. The van der Waals surface area contributed by atoms with Gasteiger partial charge in [-0.25, -0.2) is 0 Å². The second-order valence-corrected chi connectivity index (χ2v) is 6.18. The minimum atomic E-state index is -0.524. The first kappa shape index (κ1) is 14.8. The van der Waals surface area contributed by atoms with Gasteiger partial charge in [0.15, 0.2) is 0 Å². The lowest BCUT2D eigenvalue weighted by Gasteiger charge is -2.23. The van der Waals surface area contributed by atoms with Crippen molar-refractivity contribution in [2.75, 3.05) is 5.32 Å². The van der Waals surface area contributed by atoms with Crippen molar-refractivity contribution in [3.8, 4) is 0 Å². The summed E-state index contributed by atoms with van der Waals surface area (Å²) in [5.41, 5.74) is 2.37. The highest BCUT2D eigenvalue weighted by Crippen LogP contribution is 2.24. The molecule has 0 bridgehead atoms. The molecule has 1 unspecified atom stereocenters. The van der Waals surface area contributed by atoms with Gasteiger partial charge in [0, 0.05) is 22.3 Å². The summed E-state index contributed by atoms with van der Waals surface area (Å²) in [6.07, 6.45) is 0. The zero-order chi connectivity index (χ0) is 15.7.